The Labute approximate surface area is 105 Å². The molecule has 0 aliphatic carbocycles. The normalized spacial score (nSPS) is 10.1. The molecular weight excluding hydrogens is 230 g/mol. The van der Waals surface area contributed by atoms with Crippen LogP contribution in [0.25, 0.3) is 0 Å². The number of nitrogens with zero attached hydrogens (tertiary/aromatic N) is 2. The number of urea groups is 1. The lowest BCUT2D eigenvalue weighted by molar-refractivity contribution is 0.257. The molecule has 0 spiro atoms. The third-order valence-corrected chi connectivity index (χ3v) is 2.55. The van der Waals surface area contributed by atoms with Gasteiger partial charge in [-0.2, -0.15) is 0 Å². The molecule has 0 bridgehead atoms. The summed E-state index contributed by atoms with van der Waals surface area (Å²) in [4.78, 5) is 13.7. The first-order valence-corrected chi connectivity index (χ1v) is 5.76. The number of rotatable bonds is 3. The van der Waals surface area contributed by atoms with Crippen molar-refractivity contribution in [3.05, 3.63) is 42.2 Å². The zero-order valence-electron chi connectivity index (χ0n) is 10.4. The average molecular weight is 245 g/mol. The summed E-state index contributed by atoms with van der Waals surface area (Å²) in [6.07, 6.45) is 1.42. The Bertz CT molecular complexity index is 523. The summed E-state index contributed by atoms with van der Waals surface area (Å²) in [6.45, 7) is 4.49. The maximum absolute atomic E-state index is 12.1. The molecule has 2 amide bonds. The van der Waals surface area contributed by atoms with E-state index in [1.54, 1.807) is 11.0 Å². The highest BCUT2D eigenvalue weighted by atomic mass is 16.5. The predicted octanol–water partition coefficient (Wildman–Crippen LogP) is 3.04. The smallest absolute Gasteiger partial charge is 0.327 e. The molecule has 1 N–H and O–H groups in total. The van der Waals surface area contributed by atoms with Crippen LogP contribution in [0.5, 0.6) is 0 Å². The number of hydrogen-bond acceptors (Lipinski definition) is 3. The standard InChI is InChI=1S/C13H15N3O2/c1-3-16(11-6-4-5-10(2)9-11)13(17)14-12-7-8-18-15-12/h4-9H,3H2,1-2H3,(H,14,15,17). The van der Waals surface area contributed by atoms with Crippen molar-refractivity contribution in [1.29, 1.82) is 0 Å². The molecule has 0 radical (unpaired) electrons. The molecule has 0 aliphatic heterocycles. The SMILES string of the molecule is CCN(C(=O)Nc1ccon1)c1cccc(C)c1. The van der Waals surface area contributed by atoms with Gasteiger partial charge in [0.15, 0.2) is 5.82 Å². The number of nitrogens with one attached hydrogen (secondary N) is 1. The van der Waals surface area contributed by atoms with E-state index < -0.39 is 0 Å². The Morgan fingerprint density at radius 3 is 2.89 bits per heavy atom. The topological polar surface area (TPSA) is 58.4 Å². The van der Waals surface area contributed by atoms with Crippen molar-refractivity contribution in [2.75, 3.05) is 16.8 Å². The summed E-state index contributed by atoms with van der Waals surface area (Å²) in [5.41, 5.74) is 1.97. The zero-order valence-corrected chi connectivity index (χ0v) is 10.4. The largest absolute Gasteiger partial charge is 0.363 e. The number of amides is 2. The number of hydrogen-bond donors (Lipinski definition) is 1. The number of carbonyl (C=O) groups excluding carboxylic acids is 1. The monoisotopic (exact) mass is 245 g/mol. The Kier molecular flexibility index (Phi) is 3.62. The molecule has 5 nitrogen and oxygen atoms in total. The van der Waals surface area contributed by atoms with E-state index in [0.717, 1.165) is 11.3 Å². The van der Waals surface area contributed by atoms with E-state index in [4.69, 9.17) is 0 Å². The highest BCUT2D eigenvalue weighted by molar-refractivity contribution is 6.01. The van der Waals surface area contributed by atoms with Crippen molar-refractivity contribution in [3.8, 4) is 0 Å². The minimum absolute atomic E-state index is 0.225. The van der Waals surface area contributed by atoms with Crippen LogP contribution >= 0.6 is 0 Å². The van der Waals surface area contributed by atoms with E-state index in [1.807, 2.05) is 38.1 Å². The highest BCUT2D eigenvalue weighted by Crippen LogP contribution is 2.17. The third kappa shape index (κ3) is 2.68. The average Bonchev–Trinajstić information content (AvgIpc) is 2.83. The summed E-state index contributed by atoms with van der Waals surface area (Å²) in [5, 5.41) is 6.32. The molecule has 0 saturated carbocycles. The highest BCUT2D eigenvalue weighted by Gasteiger charge is 2.14. The second-order valence-electron chi connectivity index (χ2n) is 3.90. The lowest BCUT2D eigenvalue weighted by atomic mass is 10.2. The molecule has 94 valence electrons. The third-order valence-electron chi connectivity index (χ3n) is 2.55. The van der Waals surface area contributed by atoms with E-state index in [1.165, 1.54) is 6.26 Å². The minimum atomic E-state index is -0.225. The summed E-state index contributed by atoms with van der Waals surface area (Å²) in [7, 11) is 0. The maximum atomic E-state index is 12.1. The van der Waals surface area contributed by atoms with Crippen molar-refractivity contribution in [2.24, 2.45) is 0 Å². The van der Waals surface area contributed by atoms with Gasteiger partial charge in [0, 0.05) is 18.3 Å². The molecule has 0 aliphatic rings. The number of carbonyl (C=O) groups is 1. The Balaban J connectivity index is 2.15. The molecule has 5 heteroatoms. The van der Waals surface area contributed by atoms with Crippen LogP contribution in [-0.4, -0.2) is 17.7 Å². The Hall–Kier alpha value is -2.30. The number of aryl methyl sites for hydroxylation is 1. The second-order valence-corrected chi connectivity index (χ2v) is 3.90. The second kappa shape index (κ2) is 5.35. The zero-order chi connectivity index (χ0) is 13.0. The van der Waals surface area contributed by atoms with Gasteiger partial charge in [-0.05, 0) is 31.5 Å². The van der Waals surface area contributed by atoms with Crippen LogP contribution in [0.4, 0.5) is 16.3 Å². The summed E-state index contributed by atoms with van der Waals surface area (Å²) in [6, 6.07) is 9.16. The van der Waals surface area contributed by atoms with Crippen LogP contribution in [0.3, 0.4) is 0 Å². The van der Waals surface area contributed by atoms with Crippen LogP contribution < -0.4 is 10.2 Å². The molecule has 0 fully saturated rings. The predicted molar refractivity (Wildman–Crippen MR) is 69.7 cm³/mol. The molecule has 1 aromatic heterocycles. The first-order valence-electron chi connectivity index (χ1n) is 5.76. The molecule has 1 aromatic carbocycles. The van der Waals surface area contributed by atoms with Crippen molar-refractivity contribution in [3.63, 3.8) is 0 Å². The van der Waals surface area contributed by atoms with E-state index in [0.29, 0.717) is 12.4 Å². The molecule has 0 atom stereocenters. The summed E-state index contributed by atoms with van der Waals surface area (Å²) >= 11 is 0. The van der Waals surface area contributed by atoms with Gasteiger partial charge in [-0.25, -0.2) is 4.79 Å². The minimum Gasteiger partial charge on any atom is -0.363 e. The van der Waals surface area contributed by atoms with Crippen molar-refractivity contribution in [1.82, 2.24) is 5.16 Å². The van der Waals surface area contributed by atoms with Gasteiger partial charge in [0.25, 0.3) is 0 Å². The fraction of sp³-hybridized carbons (Fsp3) is 0.231. The van der Waals surface area contributed by atoms with Gasteiger partial charge in [0.2, 0.25) is 0 Å². The summed E-state index contributed by atoms with van der Waals surface area (Å²) in [5.74, 6) is 0.408. The van der Waals surface area contributed by atoms with Crippen molar-refractivity contribution >= 4 is 17.5 Å². The van der Waals surface area contributed by atoms with Crippen LogP contribution in [0, 0.1) is 6.92 Å². The van der Waals surface area contributed by atoms with Crippen LogP contribution in [0.15, 0.2) is 41.1 Å². The van der Waals surface area contributed by atoms with Gasteiger partial charge in [0.1, 0.15) is 6.26 Å². The summed E-state index contributed by atoms with van der Waals surface area (Å²) < 4.78 is 4.67. The molecule has 2 aromatic rings. The lowest BCUT2D eigenvalue weighted by Crippen LogP contribution is -2.34. The quantitative estimate of drug-likeness (QED) is 0.904. The number of aromatic nitrogens is 1. The van der Waals surface area contributed by atoms with Gasteiger partial charge >= 0.3 is 6.03 Å². The van der Waals surface area contributed by atoms with Gasteiger partial charge in [0.05, 0.1) is 0 Å². The fourth-order valence-corrected chi connectivity index (χ4v) is 1.69. The van der Waals surface area contributed by atoms with E-state index in [-0.39, 0.29) is 6.03 Å². The molecule has 0 saturated heterocycles. The van der Waals surface area contributed by atoms with E-state index in [9.17, 15) is 4.79 Å². The van der Waals surface area contributed by atoms with Crippen molar-refractivity contribution < 1.29 is 9.32 Å². The molecular formula is C13H15N3O2. The molecule has 18 heavy (non-hydrogen) atoms. The van der Waals surface area contributed by atoms with Crippen LogP contribution in [-0.2, 0) is 0 Å². The fourth-order valence-electron chi connectivity index (χ4n) is 1.69. The van der Waals surface area contributed by atoms with Crippen LogP contribution in [0.2, 0.25) is 0 Å². The molecule has 2 rings (SSSR count). The molecule has 1 heterocycles. The Morgan fingerprint density at radius 1 is 1.44 bits per heavy atom. The molecule has 0 unspecified atom stereocenters. The van der Waals surface area contributed by atoms with Crippen LogP contribution in [0.1, 0.15) is 12.5 Å². The van der Waals surface area contributed by atoms with Gasteiger partial charge < -0.3 is 4.52 Å². The van der Waals surface area contributed by atoms with Gasteiger partial charge in [-0.1, -0.05) is 17.3 Å². The van der Waals surface area contributed by atoms with Crippen molar-refractivity contribution in [2.45, 2.75) is 13.8 Å². The first kappa shape index (κ1) is 12.2. The first-order chi connectivity index (χ1) is 8.70. The van der Waals surface area contributed by atoms with Gasteiger partial charge in [-0.15, -0.1) is 0 Å². The number of anilines is 2. The van der Waals surface area contributed by atoms with Gasteiger partial charge in [-0.3, -0.25) is 10.2 Å². The van der Waals surface area contributed by atoms with E-state index >= 15 is 0 Å². The van der Waals surface area contributed by atoms with E-state index in [2.05, 4.69) is 15.0 Å². The number of benzene rings is 1. The Morgan fingerprint density at radius 2 is 2.28 bits per heavy atom. The lowest BCUT2D eigenvalue weighted by Gasteiger charge is -2.21. The maximum Gasteiger partial charge on any atom is 0.327 e.